The molecule has 0 radical (unpaired) electrons. The van der Waals surface area contributed by atoms with E-state index in [4.69, 9.17) is 0 Å². The molecule has 0 amide bonds. The predicted molar refractivity (Wildman–Crippen MR) is 78.6 cm³/mol. The van der Waals surface area contributed by atoms with Crippen LogP contribution < -0.4 is 5.32 Å². The number of hydrogen-bond donors (Lipinski definition) is 1. The van der Waals surface area contributed by atoms with Crippen molar-refractivity contribution >= 4 is 20.6 Å². The molecule has 1 aromatic rings. The second kappa shape index (κ2) is 6.63. The van der Waals surface area contributed by atoms with E-state index in [1.165, 1.54) is 12.1 Å². The van der Waals surface area contributed by atoms with Crippen molar-refractivity contribution in [1.82, 2.24) is 5.32 Å². The molecule has 0 saturated heterocycles. The highest BCUT2D eigenvalue weighted by Gasteiger charge is 2.21. The fraction of sp³-hybridized carbons (Fsp3) is 0.538. The van der Waals surface area contributed by atoms with Crippen molar-refractivity contribution < 1.29 is 12.6 Å². The Kier molecular flexibility index (Phi) is 5.70. The van der Waals surface area contributed by atoms with Crippen molar-refractivity contribution in [2.24, 2.45) is 0 Å². The van der Waals surface area contributed by atoms with Crippen LogP contribution in [0, 0.1) is 0 Å². The normalized spacial score (nSPS) is 16.8. The quantitative estimate of drug-likeness (QED) is 0.867. The summed E-state index contributed by atoms with van der Waals surface area (Å²) in [6.45, 7) is 3.98. The van der Waals surface area contributed by atoms with Crippen molar-refractivity contribution in [3.05, 3.63) is 24.3 Å². The van der Waals surface area contributed by atoms with Gasteiger partial charge in [-0.1, -0.05) is 6.92 Å². The van der Waals surface area contributed by atoms with E-state index in [-0.39, 0.29) is 16.2 Å². The van der Waals surface area contributed by atoms with Crippen LogP contribution in [0.25, 0.3) is 0 Å². The third-order valence-corrected chi connectivity index (χ3v) is 6.07. The molecule has 0 spiro atoms. The maximum absolute atomic E-state index is 12.4. The average Bonchev–Trinajstić information content (AvgIpc) is 2.38. The summed E-state index contributed by atoms with van der Waals surface area (Å²) in [6, 6.07) is 6.46. The number of benzene rings is 1. The van der Waals surface area contributed by atoms with E-state index in [9.17, 15) is 12.6 Å². The van der Waals surface area contributed by atoms with E-state index in [1.54, 1.807) is 12.1 Å². The molecule has 3 unspecified atom stereocenters. The van der Waals surface area contributed by atoms with Crippen LogP contribution in [0.15, 0.2) is 34.1 Å². The third-order valence-electron chi connectivity index (χ3n) is 3.20. The maximum atomic E-state index is 12.4. The average molecular weight is 303 g/mol. The van der Waals surface area contributed by atoms with Crippen LogP contribution in [0.3, 0.4) is 0 Å². The zero-order valence-electron chi connectivity index (χ0n) is 11.7. The van der Waals surface area contributed by atoms with E-state index in [1.807, 2.05) is 20.9 Å². The monoisotopic (exact) mass is 303 g/mol. The van der Waals surface area contributed by atoms with E-state index in [0.29, 0.717) is 4.90 Å². The molecule has 4 nitrogen and oxygen atoms in total. The van der Waals surface area contributed by atoms with Crippen LogP contribution in [0.2, 0.25) is 0 Å². The minimum absolute atomic E-state index is 0.0286. The van der Waals surface area contributed by atoms with Crippen LogP contribution in [-0.2, 0) is 20.6 Å². The molecule has 0 aromatic heterocycles. The van der Waals surface area contributed by atoms with Crippen LogP contribution in [-0.4, -0.2) is 37.2 Å². The fourth-order valence-corrected chi connectivity index (χ4v) is 4.05. The molecule has 0 aliphatic carbocycles. The van der Waals surface area contributed by atoms with Gasteiger partial charge in [0.05, 0.1) is 20.9 Å². The Hall–Kier alpha value is -0.720. The minimum Gasteiger partial charge on any atom is -0.316 e. The zero-order valence-corrected chi connectivity index (χ0v) is 13.3. The van der Waals surface area contributed by atoms with E-state index in [0.717, 1.165) is 12.7 Å². The number of rotatable bonds is 6. The van der Waals surface area contributed by atoms with Gasteiger partial charge in [-0.15, -0.1) is 0 Å². The Morgan fingerprint density at radius 1 is 1.26 bits per heavy atom. The SMILES string of the molecule is CCC(NC)C(C)S(=O)c1ccc(S(C)(=O)=O)cc1. The molecule has 0 fully saturated rings. The Labute approximate surface area is 118 Å². The molecule has 6 heteroatoms. The van der Waals surface area contributed by atoms with Gasteiger partial charge >= 0.3 is 0 Å². The number of nitrogens with one attached hydrogen (secondary N) is 1. The summed E-state index contributed by atoms with van der Waals surface area (Å²) in [7, 11) is -2.50. The molecule has 0 heterocycles. The summed E-state index contributed by atoms with van der Waals surface area (Å²) < 4.78 is 35.1. The summed E-state index contributed by atoms with van der Waals surface area (Å²) in [4.78, 5) is 0.912. The molecule has 108 valence electrons. The van der Waals surface area contributed by atoms with Crippen LogP contribution in [0.5, 0.6) is 0 Å². The summed E-state index contributed by atoms with van der Waals surface area (Å²) >= 11 is 0. The number of hydrogen-bond acceptors (Lipinski definition) is 4. The number of sulfone groups is 1. The molecular weight excluding hydrogens is 282 g/mol. The van der Waals surface area contributed by atoms with E-state index in [2.05, 4.69) is 5.32 Å². The summed E-state index contributed by atoms with van der Waals surface area (Å²) in [5.74, 6) is 0. The topological polar surface area (TPSA) is 63.2 Å². The summed E-state index contributed by atoms with van der Waals surface area (Å²) in [5, 5.41) is 3.12. The van der Waals surface area contributed by atoms with Crippen LogP contribution in [0.4, 0.5) is 0 Å². The highest BCUT2D eigenvalue weighted by atomic mass is 32.2. The lowest BCUT2D eigenvalue weighted by Gasteiger charge is -2.21. The third kappa shape index (κ3) is 4.12. The molecule has 1 aromatic carbocycles. The highest BCUT2D eigenvalue weighted by Crippen LogP contribution is 2.18. The molecule has 0 saturated carbocycles. The zero-order chi connectivity index (χ0) is 14.6. The highest BCUT2D eigenvalue weighted by molar-refractivity contribution is 7.90. The van der Waals surface area contributed by atoms with Gasteiger partial charge in [-0.3, -0.25) is 4.21 Å². The Balaban J connectivity index is 2.95. The lowest BCUT2D eigenvalue weighted by Crippen LogP contribution is -2.37. The first-order chi connectivity index (χ1) is 8.81. The van der Waals surface area contributed by atoms with Crippen molar-refractivity contribution in [2.75, 3.05) is 13.3 Å². The Morgan fingerprint density at radius 2 is 1.79 bits per heavy atom. The van der Waals surface area contributed by atoms with Gasteiger partial charge in [0.15, 0.2) is 9.84 Å². The molecule has 0 aliphatic heterocycles. The van der Waals surface area contributed by atoms with Gasteiger partial charge in [0.2, 0.25) is 0 Å². The molecular formula is C13H21NO3S2. The van der Waals surface area contributed by atoms with Gasteiger partial charge in [0.1, 0.15) is 0 Å². The largest absolute Gasteiger partial charge is 0.316 e. The van der Waals surface area contributed by atoms with Crippen LogP contribution >= 0.6 is 0 Å². The fourth-order valence-electron chi connectivity index (χ4n) is 1.96. The smallest absolute Gasteiger partial charge is 0.175 e. The first-order valence-electron chi connectivity index (χ1n) is 6.19. The van der Waals surface area contributed by atoms with Crippen molar-refractivity contribution in [3.8, 4) is 0 Å². The van der Waals surface area contributed by atoms with Crippen LogP contribution in [0.1, 0.15) is 20.3 Å². The van der Waals surface area contributed by atoms with Gasteiger partial charge in [0, 0.05) is 17.2 Å². The van der Waals surface area contributed by atoms with Gasteiger partial charge < -0.3 is 5.32 Å². The van der Waals surface area contributed by atoms with Crippen molar-refractivity contribution in [2.45, 2.75) is 41.4 Å². The molecule has 1 N–H and O–H groups in total. The lowest BCUT2D eigenvalue weighted by atomic mass is 10.2. The molecule has 3 atom stereocenters. The molecule has 19 heavy (non-hydrogen) atoms. The molecule has 0 aliphatic rings. The van der Waals surface area contributed by atoms with Gasteiger partial charge in [-0.05, 0) is 44.7 Å². The van der Waals surface area contributed by atoms with Gasteiger partial charge in [-0.25, -0.2) is 8.42 Å². The van der Waals surface area contributed by atoms with Crippen molar-refractivity contribution in [1.29, 1.82) is 0 Å². The predicted octanol–water partition coefficient (Wildman–Crippen LogP) is 1.58. The first kappa shape index (κ1) is 16.3. The lowest BCUT2D eigenvalue weighted by molar-refractivity contribution is 0.529. The van der Waals surface area contributed by atoms with E-state index >= 15 is 0 Å². The maximum Gasteiger partial charge on any atom is 0.175 e. The van der Waals surface area contributed by atoms with Crippen molar-refractivity contribution in [3.63, 3.8) is 0 Å². The van der Waals surface area contributed by atoms with Gasteiger partial charge in [0.25, 0.3) is 0 Å². The van der Waals surface area contributed by atoms with Gasteiger partial charge in [-0.2, -0.15) is 0 Å². The molecule has 0 bridgehead atoms. The first-order valence-corrected chi connectivity index (χ1v) is 9.29. The Bertz CT molecular complexity index is 534. The minimum atomic E-state index is -3.20. The Morgan fingerprint density at radius 3 is 2.16 bits per heavy atom. The summed E-state index contributed by atoms with van der Waals surface area (Å²) in [6.07, 6.45) is 2.06. The standard InChI is InChI=1S/C13H21NO3S2/c1-5-13(14-3)10(2)18(15)11-6-8-12(9-7-11)19(4,16)17/h6-10,13-14H,5H2,1-4H3. The molecule has 1 rings (SSSR count). The summed E-state index contributed by atoms with van der Waals surface area (Å²) in [5.41, 5.74) is 0. The second-order valence-electron chi connectivity index (χ2n) is 4.55. The van der Waals surface area contributed by atoms with E-state index < -0.39 is 20.6 Å². The second-order valence-corrected chi connectivity index (χ2v) is 8.38.